The van der Waals surface area contributed by atoms with Crippen molar-refractivity contribution in [3.63, 3.8) is 0 Å². The largest absolute Gasteiger partial charge is 0.468 e. The maximum atomic E-state index is 14.0. The van der Waals surface area contributed by atoms with Crippen molar-refractivity contribution in [2.45, 2.75) is 43.5 Å². The molecule has 2 N–H and O–H groups in total. The molecule has 5 nitrogen and oxygen atoms in total. The Balaban J connectivity index is 1.73. The molecule has 0 unspecified atom stereocenters. The zero-order valence-electron chi connectivity index (χ0n) is 16.2. The fourth-order valence-corrected chi connectivity index (χ4v) is 3.36. The van der Waals surface area contributed by atoms with Gasteiger partial charge in [0, 0.05) is 22.7 Å². The highest BCUT2D eigenvalue weighted by molar-refractivity contribution is 6.30. The number of benzene rings is 1. The molecule has 0 bridgehead atoms. The first-order valence-electron chi connectivity index (χ1n) is 9.16. The van der Waals surface area contributed by atoms with Crippen molar-refractivity contribution in [1.82, 2.24) is 10.3 Å². The predicted molar refractivity (Wildman–Crippen MR) is 100 cm³/mol. The molecule has 0 saturated heterocycles. The molecule has 31 heavy (non-hydrogen) atoms. The molecule has 1 aromatic heterocycles. The van der Waals surface area contributed by atoms with Crippen LogP contribution in [0.5, 0.6) is 5.88 Å². The number of ether oxygens (including phenoxy) is 1. The lowest BCUT2D eigenvalue weighted by molar-refractivity contribution is -0.154. The molecule has 1 aromatic carbocycles. The second kappa shape index (κ2) is 8.23. The first-order valence-corrected chi connectivity index (χ1v) is 9.54. The van der Waals surface area contributed by atoms with Crippen molar-refractivity contribution in [2.24, 2.45) is 0 Å². The van der Waals surface area contributed by atoms with Gasteiger partial charge in [-0.15, -0.1) is 0 Å². The molecule has 1 saturated carbocycles. The summed E-state index contributed by atoms with van der Waals surface area (Å²) in [5, 5.41) is 13.3. The molecule has 1 aliphatic rings. The van der Waals surface area contributed by atoms with Crippen molar-refractivity contribution < 1.29 is 36.6 Å². The van der Waals surface area contributed by atoms with Gasteiger partial charge in [-0.25, -0.2) is 13.8 Å². The summed E-state index contributed by atoms with van der Waals surface area (Å²) in [6.07, 6.45) is -4.25. The Morgan fingerprint density at radius 3 is 2.52 bits per heavy atom. The van der Waals surface area contributed by atoms with Gasteiger partial charge in [0.25, 0.3) is 0 Å². The van der Waals surface area contributed by atoms with E-state index >= 15 is 0 Å². The second-order valence-electron chi connectivity index (χ2n) is 7.62. The Bertz CT molecular complexity index is 993. The van der Waals surface area contributed by atoms with Crippen LogP contribution in [0.3, 0.4) is 0 Å². The highest BCUT2D eigenvalue weighted by Gasteiger charge is 2.48. The number of hydrogen-bond acceptors (Lipinski definition) is 4. The first-order chi connectivity index (χ1) is 14.3. The van der Waals surface area contributed by atoms with E-state index < -0.39 is 47.9 Å². The number of carbonyl (C=O) groups is 1. The standard InChI is InChI=1S/C20H18ClF5N2O3/c1-18(30,13-3-2-12(22)8-14(13)23)9-16(29)28-19(4-5-19)15-6-11(21)7-17(27-15)31-10-20(24,25)26/h2-3,6-8,30H,4-5,9-10H2,1H3,(H,28,29)/t18-/m1/s1. The van der Waals surface area contributed by atoms with E-state index in [0.29, 0.717) is 18.9 Å². The number of hydrogen-bond donors (Lipinski definition) is 2. The number of amides is 1. The average Bonchev–Trinajstić information content (AvgIpc) is 3.38. The van der Waals surface area contributed by atoms with Crippen LogP contribution in [0.25, 0.3) is 0 Å². The molecule has 1 atom stereocenters. The van der Waals surface area contributed by atoms with Crippen LogP contribution in [0.1, 0.15) is 37.4 Å². The van der Waals surface area contributed by atoms with Crippen LogP contribution in [0.15, 0.2) is 30.3 Å². The molecule has 1 heterocycles. The third-order valence-electron chi connectivity index (χ3n) is 4.79. The molecule has 1 aliphatic carbocycles. The first kappa shape index (κ1) is 23.2. The summed E-state index contributed by atoms with van der Waals surface area (Å²) in [6, 6.07) is 5.13. The van der Waals surface area contributed by atoms with Gasteiger partial charge in [0.2, 0.25) is 11.8 Å². The fraction of sp³-hybridized carbons (Fsp3) is 0.400. The third kappa shape index (κ3) is 5.82. The predicted octanol–water partition coefficient (Wildman–Crippen LogP) is 4.36. The number of carbonyl (C=O) groups excluding carboxylic acids is 1. The number of nitrogens with one attached hydrogen (secondary N) is 1. The Hall–Kier alpha value is -2.46. The normalized spacial score (nSPS) is 17.0. The summed E-state index contributed by atoms with van der Waals surface area (Å²) in [5.74, 6) is -2.83. The van der Waals surface area contributed by atoms with Crippen LogP contribution in [0.4, 0.5) is 22.0 Å². The van der Waals surface area contributed by atoms with E-state index in [2.05, 4.69) is 15.0 Å². The minimum Gasteiger partial charge on any atom is -0.468 e. The molecule has 168 valence electrons. The summed E-state index contributed by atoms with van der Waals surface area (Å²) < 4.78 is 68.9. The molecule has 0 radical (unpaired) electrons. The molecule has 3 rings (SSSR count). The van der Waals surface area contributed by atoms with Crippen molar-refractivity contribution in [1.29, 1.82) is 0 Å². The van der Waals surface area contributed by atoms with Gasteiger partial charge < -0.3 is 15.2 Å². The van der Waals surface area contributed by atoms with Gasteiger partial charge in [-0.2, -0.15) is 13.2 Å². The van der Waals surface area contributed by atoms with Gasteiger partial charge in [-0.1, -0.05) is 17.7 Å². The zero-order chi connectivity index (χ0) is 23.0. The highest BCUT2D eigenvalue weighted by atomic mass is 35.5. The van der Waals surface area contributed by atoms with Gasteiger partial charge in [0.1, 0.15) is 11.6 Å². The Morgan fingerprint density at radius 2 is 1.94 bits per heavy atom. The number of nitrogens with zero attached hydrogens (tertiary/aromatic N) is 1. The topological polar surface area (TPSA) is 71.5 Å². The van der Waals surface area contributed by atoms with Crippen LogP contribution < -0.4 is 10.1 Å². The summed E-state index contributed by atoms with van der Waals surface area (Å²) >= 11 is 5.96. The van der Waals surface area contributed by atoms with Gasteiger partial charge in [-0.3, -0.25) is 4.79 Å². The van der Waals surface area contributed by atoms with E-state index in [1.54, 1.807) is 0 Å². The van der Waals surface area contributed by atoms with E-state index in [9.17, 15) is 31.9 Å². The zero-order valence-corrected chi connectivity index (χ0v) is 16.9. The quantitative estimate of drug-likeness (QED) is 0.597. The van der Waals surface area contributed by atoms with E-state index in [1.807, 2.05) is 0 Å². The number of rotatable bonds is 7. The van der Waals surface area contributed by atoms with Crippen LogP contribution in [0, 0.1) is 11.6 Å². The molecule has 1 fully saturated rings. The number of aromatic nitrogens is 1. The lowest BCUT2D eigenvalue weighted by Crippen LogP contribution is -2.39. The minimum atomic E-state index is -4.56. The molecule has 11 heteroatoms. The monoisotopic (exact) mass is 464 g/mol. The minimum absolute atomic E-state index is 0.0723. The Morgan fingerprint density at radius 1 is 1.26 bits per heavy atom. The average molecular weight is 465 g/mol. The van der Waals surface area contributed by atoms with Gasteiger partial charge in [0.05, 0.1) is 23.3 Å². The van der Waals surface area contributed by atoms with E-state index in [-0.39, 0.29) is 22.2 Å². The summed E-state index contributed by atoms with van der Waals surface area (Å²) in [4.78, 5) is 16.6. The third-order valence-corrected chi connectivity index (χ3v) is 5.00. The van der Waals surface area contributed by atoms with Crippen molar-refractivity contribution in [3.05, 3.63) is 58.2 Å². The lowest BCUT2D eigenvalue weighted by atomic mass is 9.91. The van der Waals surface area contributed by atoms with Gasteiger partial charge in [0.15, 0.2) is 6.61 Å². The summed E-state index contributed by atoms with van der Waals surface area (Å²) in [6.45, 7) is -0.339. The maximum absolute atomic E-state index is 14.0. The molecular weight excluding hydrogens is 447 g/mol. The Labute approximate surface area is 179 Å². The van der Waals surface area contributed by atoms with Crippen molar-refractivity contribution >= 4 is 17.5 Å². The van der Waals surface area contributed by atoms with E-state index in [0.717, 1.165) is 18.2 Å². The van der Waals surface area contributed by atoms with Gasteiger partial charge in [-0.05, 0) is 31.9 Å². The van der Waals surface area contributed by atoms with Crippen LogP contribution in [-0.4, -0.2) is 28.8 Å². The van der Waals surface area contributed by atoms with Gasteiger partial charge >= 0.3 is 6.18 Å². The number of alkyl halides is 3. The van der Waals surface area contributed by atoms with E-state index in [4.69, 9.17) is 11.6 Å². The van der Waals surface area contributed by atoms with Crippen LogP contribution in [0.2, 0.25) is 5.02 Å². The smallest absolute Gasteiger partial charge is 0.422 e. The number of pyridine rings is 1. The molecule has 0 aliphatic heterocycles. The molecule has 2 aromatic rings. The van der Waals surface area contributed by atoms with E-state index in [1.165, 1.54) is 13.0 Å². The number of aliphatic hydroxyl groups is 1. The second-order valence-corrected chi connectivity index (χ2v) is 8.05. The molecule has 1 amide bonds. The van der Waals surface area contributed by atoms with Crippen LogP contribution >= 0.6 is 11.6 Å². The SMILES string of the molecule is C[C@@](O)(CC(=O)NC1(c2cc(Cl)cc(OCC(F)(F)F)n2)CC1)c1ccc(F)cc1F. The maximum Gasteiger partial charge on any atom is 0.422 e. The fourth-order valence-electron chi connectivity index (χ4n) is 3.16. The highest BCUT2D eigenvalue weighted by Crippen LogP contribution is 2.46. The molecular formula is C20H18ClF5N2O3. The van der Waals surface area contributed by atoms with Crippen molar-refractivity contribution in [3.8, 4) is 5.88 Å². The van der Waals surface area contributed by atoms with Crippen molar-refractivity contribution in [2.75, 3.05) is 6.61 Å². The summed E-state index contributed by atoms with van der Waals surface area (Å²) in [7, 11) is 0. The van der Waals surface area contributed by atoms with Crippen LogP contribution in [-0.2, 0) is 15.9 Å². The Kier molecular flexibility index (Phi) is 6.16. The molecule has 0 spiro atoms. The summed E-state index contributed by atoms with van der Waals surface area (Å²) in [5.41, 5.74) is -2.97. The number of halogens is 6. The lowest BCUT2D eigenvalue weighted by Gasteiger charge is -2.26.